The zero-order chi connectivity index (χ0) is 26.5. The van der Waals surface area contributed by atoms with Gasteiger partial charge in [0.1, 0.15) is 6.10 Å². The van der Waals surface area contributed by atoms with Gasteiger partial charge in [0.15, 0.2) is 10.8 Å². The van der Waals surface area contributed by atoms with Crippen molar-refractivity contribution < 1.29 is 22.1 Å². The van der Waals surface area contributed by atoms with Crippen LogP contribution in [-0.4, -0.2) is 31.4 Å². The van der Waals surface area contributed by atoms with Crippen LogP contribution in [0.15, 0.2) is 64.4 Å². The van der Waals surface area contributed by atoms with Gasteiger partial charge < -0.3 is 9.47 Å². The van der Waals surface area contributed by atoms with Crippen molar-refractivity contribution in [1.82, 2.24) is 9.78 Å². The molecule has 2 aromatic carbocycles. The summed E-state index contributed by atoms with van der Waals surface area (Å²) >= 11 is 6.27. The predicted molar refractivity (Wildman–Crippen MR) is 138 cm³/mol. The maximum atomic E-state index is 12.6. The first-order valence-corrected chi connectivity index (χ1v) is 13.2. The van der Waals surface area contributed by atoms with E-state index in [9.17, 15) is 13.2 Å². The van der Waals surface area contributed by atoms with Gasteiger partial charge in [0.25, 0.3) is 15.7 Å². The molecule has 0 radical (unpaired) electrons. The molecule has 3 rings (SSSR count). The second kappa shape index (κ2) is 11.6. The molecule has 0 amide bonds. The van der Waals surface area contributed by atoms with Crippen LogP contribution in [0.4, 0.5) is 0 Å². The number of hydrogen-bond acceptors (Lipinski definition) is 7. The van der Waals surface area contributed by atoms with E-state index < -0.39 is 27.3 Å². The molecule has 0 saturated carbocycles. The van der Waals surface area contributed by atoms with Crippen LogP contribution >= 0.6 is 11.6 Å². The maximum Gasteiger partial charge on any atom is 0.297 e. The minimum Gasteiger partial charge on any atom is -0.483 e. The average molecular weight is 535 g/mol. The number of ether oxygens (including phenoxy) is 2. The molecule has 0 N–H and O–H groups in total. The van der Waals surface area contributed by atoms with Gasteiger partial charge in [0, 0.05) is 0 Å². The zero-order valence-corrected chi connectivity index (χ0v) is 22.6. The first-order valence-electron chi connectivity index (χ1n) is 11.5. The highest BCUT2D eigenvalue weighted by atomic mass is 35.5. The highest BCUT2D eigenvalue weighted by molar-refractivity contribution is 7.86. The minimum absolute atomic E-state index is 0.0214. The van der Waals surface area contributed by atoms with Crippen molar-refractivity contribution in [1.29, 1.82) is 0 Å². The fraction of sp³-hybridized carbons (Fsp3) is 0.385. The van der Waals surface area contributed by atoms with Crippen molar-refractivity contribution in [3.63, 3.8) is 0 Å². The van der Waals surface area contributed by atoms with Crippen molar-refractivity contribution in [3.8, 4) is 5.75 Å². The normalized spacial score (nSPS) is 12.9. The third-order valence-electron chi connectivity index (χ3n) is 5.29. The molecule has 1 atom stereocenters. The molecule has 0 saturated heterocycles. The van der Waals surface area contributed by atoms with Crippen LogP contribution in [-0.2, 0) is 31.2 Å². The van der Waals surface area contributed by atoms with Crippen LogP contribution in [0.3, 0.4) is 0 Å². The zero-order valence-electron chi connectivity index (χ0n) is 21.0. The summed E-state index contributed by atoms with van der Waals surface area (Å²) in [5.41, 5.74) is 1.77. The first-order chi connectivity index (χ1) is 16.9. The standard InChI is InChI=1S/C26H31ClN2O6S/c1-18-9-11-22(12-10-18)36(31,32)34-14-13-33-17-20-7-6-8-21(15-20)19(2)35-23-16-28-29(26(3,4)5)25(30)24(23)27/h6-12,15-16,19H,13-14,17H2,1-5H3. The Morgan fingerprint density at radius 2 is 1.78 bits per heavy atom. The van der Waals surface area contributed by atoms with Crippen LogP contribution in [0, 0.1) is 6.92 Å². The second-order valence-electron chi connectivity index (χ2n) is 9.36. The molecule has 8 nitrogen and oxygen atoms in total. The van der Waals surface area contributed by atoms with E-state index in [-0.39, 0.29) is 35.5 Å². The fourth-order valence-corrected chi connectivity index (χ4v) is 4.40. The van der Waals surface area contributed by atoms with E-state index >= 15 is 0 Å². The minimum atomic E-state index is -3.82. The summed E-state index contributed by atoms with van der Waals surface area (Å²) in [6.07, 6.45) is 1.04. The molecule has 36 heavy (non-hydrogen) atoms. The largest absolute Gasteiger partial charge is 0.483 e. The lowest BCUT2D eigenvalue weighted by molar-refractivity contribution is 0.0906. The molecule has 1 unspecified atom stereocenters. The lowest BCUT2D eigenvalue weighted by Gasteiger charge is -2.22. The van der Waals surface area contributed by atoms with E-state index in [1.165, 1.54) is 23.0 Å². The number of hydrogen-bond donors (Lipinski definition) is 0. The van der Waals surface area contributed by atoms with Crippen LogP contribution in [0.2, 0.25) is 5.02 Å². The summed E-state index contributed by atoms with van der Waals surface area (Å²) in [6, 6.07) is 14.0. The predicted octanol–water partition coefficient (Wildman–Crippen LogP) is 5.02. The molecular formula is C26H31ClN2O6S. The van der Waals surface area contributed by atoms with Crippen molar-refractivity contribution in [3.05, 3.63) is 86.8 Å². The Labute approximate surface area is 216 Å². The first kappa shape index (κ1) is 27.9. The topological polar surface area (TPSA) is 96.7 Å². The Balaban J connectivity index is 1.55. The van der Waals surface area contributed by atoms with E-state index in [1.807, 2.05) is 58.9 Å². The molecule has 0 aliphatic rings. The molecule has 1 heterocycles. The summed E-state index contributed by atoms with van der Waals surface area (Å²) < 4.78 is 42.4. The summed E-state index contributed by atoms with van der Waals surface area (Å²) in [4.78, 5) is 12.7. The molecule has 194 valence electrons. The van der Waals surface area contributed by atoms with Gasteiger partial charge in [-0.3, -0.25) is 8.98 Å². The number of rotatable bonds is 10. The van der Waals surface area contributed by atoms with Crippen molar-refractivity contribution in [2.75, 3.05) is 13.2 Å². The number of nitrogens with zero attached hydrogens (tertiary/aromatic N) is 2. The molecule has 0 fully saturated rings. The number of benzene rings is 2. The van der Waals surface area contributed by atoms with Crippen LogP contribution < -0.4 is 10.3 Å². The number of aromatic nitrogens is 2. The van der Waals surface area contributed by atoms with Gasteiger partial charge in [-0.1, -0.05) is 47.5 Å². The van der Waals surface area contributed by atoms with Gasteiger partial charge in [-0.15, -0.1) is 0 Å². The quantitative estimate of drug-likeness (QED) is 0.266. The maximum absolute atomic E-state index is 12.6. The van der Waals surface area contributed by atoms with Gasteiger partial charge in [-0.05, 0) is 63.9 Å². The van der Waals surface area contributed by atoms with E-state index in [0.717, 1.165) is 16.7 Å². The molecule has 1 aromatic heterocycles. The Kier molecular flexibility index (Phi) is 8.94. The lowest BCUT2D eigenvalue weighted by Crippen LogP contribution is -2.36. The Morgan fingerprint density at radius 3 is 2.44 bits per heavy atom. The fourth-order valence-electron chi connectivity index (χ4n) is 3.34. The van der Waals surface area contributed by atoms with Gasteiger partial charge in [0.05, 0.1) is 36.5 Å². The second-order valence-corrected chi connectivity index (χ2v) is 11.4. The monoisotopic (exact) mass is 534 g/mol. The smallest absolute Gasteiger partial charge is 0.297 e. The van der Waals surface area contributed by atoms with Gasteiger partial charge in [0.2, 0.25) is 0 Å². The highest BCUT2D eigenvalue weighted by Crippen LogP contribution is 2.27. The lowest BCUT2D eigenvalue weighted by atomic mass is 10.1. The van der Waals surface area contributed by atoms with Crippen molar-refractivity contribution in [2.45, 2.75) is 57.8 Å². The molecular weight excluding hydrogens is 504 g/mol. The third kappa shape index (κ3) is 7.16. The summed E-state index contributed by atoms with van der Waals surface area (Å²) in [5.74, 6) is 0.211. The van der Waals surface area contributed by atoms with Crippen LogP contribution in [0.5, 0.6) is 5.75 Å². The Hall–Kier alpha value is -2.72. The summed E-state index contributed by atoms with van der Waals surface area (Å²) in [7, 11) is -3.82. The summed E-state index contributed by atoms with van der Waals surface area (Å²) in [6.45, 7) is 9.59. The van der Waals surface area contributed by atoms with E-state index in [2.05, 4.69) is 5.10 Å². The van der Waals surface area contributed by atoms with E-state index in [1.54, 1.807) is 12.1 Å². The van der Waals surface area contributed by atoms with Gasteiger partial charge >= 0.3 is 0 Å². The molecule has 0 aliphatic heterocycles. The molecule has 3 aromatic rings. The van der Waals surface area contributed by atoms with Crippen LogP contribution in [0.1, 0.15) is 50.5 Å². The third-order valence-corrected chi connectivity index (χ3v) is 6.97. The van der Waals surface area contributed by atoms with E-state index in [4.69, 9.17) is 25.3 Å². The molecule has 0 spiro atoms. The Morgan fingerprint density at radius 1 is 1.08 bits per heavy atom. The number of halogens is 1. The Bertz CT molecular complexity index is 1350. The number of aryl methyl sites for hydroxylation is 1. The summed E-state index contributed by atoms with van der Waals surface area (Å²) in [5, 5.41) is 4.17. The molecule has 0 bridgehead atoms. The van der Waals surface area contributed by atoms with Crippen LogP contribution in [0.25, 0.3) is 0 Å². The van der Waals surface area contributed by atoms with Gasteiger partial charge in [-0.2, -0.15) is 13.5 Å². The average Bonchev–Trinajstić information content (AvgIpc) is 2.81. The molecule has 0 aliphatic carbocycles. The van der Waals surface area contributed by atoms with Gasteiger partial charge in [-0.25, -0.2) is 4.68 Å². The molecule has 10 heteroatoms. The van der Waals surface area contributed by atoms with Crippen molar-refractivity contribution >= 4 is 21.7 Å². The highest BCUT2D eigenvalue weighted by Gasteiger charge is 2.21. The van der Waals surface area contributed by atoms with Crippen molar-refractivity contribution in [2.24, 2.45) is 0 Å². The van der Waals surface area contributed by atoms with E-state index in [0.29, 0.717) is 0 Å². The SMILES string of the molecule is Cc1ccc(S(=O)(=O)OCCOCc2cccc(C(C)Oc3cnn(C(C)(C)C)c(=O)c3Cl)c2)cc1.